The van der Waals surface area contributed by atoms with Crippen molar-refractivity contribution in [2.24, 2.45) is 0 Å². The number of rotatable bonds is 4. The van der Waals surface area contributed by atoms with Gasteiger partial charge in [-0.15, -0.1) is 0 Å². The third-order valence-corrected chi connectivity index (χ3v) is 4.67. The molecule has 1 aromatic heterocycles. The molecule has 0 radical (unpaired) electrons. The molecule has 1 aliphatic carbocycles. The maximum atomic E-state index is 9.68. The first kappa shape index (κ1) is 15.4. The summed E-state index contributed by atoms with van der Waals surface area (Å²) in [6.07, 6.45) is 8.10. The molecule has 0 bridgehead atoms. The number of benzene rings is 1. The van der Waals surface area contributed by atoms with Crippen LogP contribution in [0.15, 0.2) is 30.5 Å². The topological polar surface area (TPSA) is 79.3 Å². The molecular weight excluding hydrogens is 303 g/mol. The number of aromatic nitrogens is 2. The largest absolute Gasteiger partial charge is 0.491 e. The van der Waals surface area contributed by atoms with Crippen LogP contribution in [0.4, 0.5) is 17.5 Å². The van der Waals surface area contributed by atoms with E-state index in [1.165, 1.54) is 32.1 Å². The highest BCUT2D eigenvalue weighted by atomic mass is 16.5. The summed E-state index contributed by atoms with van der Waals surface area (Å²) < 4.78 is 5.22. The minimum absolute atomic E-state index is 0.427. The second-order valence-electron chi connectivity index (χ2n) is 6.45. The average Bonchev–Trinajstić information content (AvgIpc) is 2.97. The Morgan fingerprint density at radius 3 is 2.92 bits per heavy atom. The smallest absolute Gasteiger partial charge is 0.423 e. The number of hydrogen-bond donors (Lipinski definition) is 3. The summed E-state index contributed by atoms with van der Waals surface area (Å²) in [4.78, 5) is 8.85. The van der Waals surface area contributed by atoms with Crippen molar-refractivity contribution in [1.29, 1.82) is 0 Å². The molecule has 0 atom stereocenters. The van der Waals surface area contributed by atoms with E-state index < -0.39 is 7.12 Å². The van der Waals surface area contributed by atoms with Gasteiger partial charge in [-0.1, -0.05) is 25.3 Å². The van der Waals surface area contributed by atoms with Crippen molar-refractivity contribution in [3.63, 3.8) is 0 Å². The van der Waals surface area contributed by atoms with Gasteiger partial charge >= 0.3 is 7.12 Å². The molecule has 2 aromatic rings. The van der Waals surface area contributed by atoms with Crippen molar-refractivity contribution in [3.05, 3.63) is 36.0 Å². The number of hydrogen-bond acceptors (Lipinski definition) is 6. The second-order valence-corrected chi connectivity index (χ2v) is 6.45. The van der Waals surface area contributed by atoms with Crippen LogP contribution in [0.5, 0.6) is 0 Å². The highest BCUT2D eigenvalue weighted by Crippen LogP contribution is 2.22. The van der Waals surface area contributed by atoms with Gasteiger partial charge in [0, 0.05) is 17.9 Å². The lowest BCUT2D eigenvalue weighted by Gasteiger charge is -2.23. The molecule has 1 saturated carbocycles. The number of nitrogens with zero attached hydrogens (tertiary/aromatic N) is 2. The summed E-state index contributed by atoms with van der Waals surface area (Å²) in [6, 6.07) is 8.17. The Hall–Kier alpha value is -2.12. The van der Waals surface area contributed by atoms with Crippen LogP contribution >= 0.6 is 0 Å². The fourth-order valence-electron chi connectivity index (χ4n) is 3.39. The third-order valence-electron chi connectivity index (χ3n) is 4.67. The van der Waals surface area contributed by atoms with Crippen molar-refractivity contribution in [3.8, 4) is 0 Å². The van der Waals surface area contributed by atoms with E-state index in [0.29, 0.717) is 18.6 Å². The standard InChI is InChI=1S/C17H21BN4O2/c23-18-15-7-6-14(10-12(15)11-24-18)21-17-19-9-8-16(22-17)20-13-4-2-1-3-5-13/h6-10,13,23H,1-5,11H2,(H2,19,20,21,22). The molecule has 0 spiro atoms. The minimum atomic E-state index is -0.812. The monoisotopic (exact) mass is 324 g/mol. The van der Waals surface area contributed by atoms with Gasteiger partial charge in [0.15, 0.2) is 0 Å². The Balaban J connectivity index is 1.46. The van der Waals surface area contributed by atoms with Crippen LogP contribution in [0, 0.1) is 0 Å². The van der Waals surface area contributed by atoms with E-state index in [9.17, 15) is 5.02 Å². The van der Waals surface area contributed by atoms with Crippen molar-refractivity contribution >= 4 is 30.0 Å². The molecule has 6 nitrogen and oxygen atoms in total. The van der Waals surface area contributed by atoms with Crippen LogP contribution in [0.25, 0.3) is 0 Å². The van der Waals surface area contributed by atoms with Crippen LogP contribution in [0.3, 0.4) is 0 Å². The number of nitrogens with one attached hydrogen (secondary N) is 2. The Labute approximate surface area is 141 Å². The molecule has 2 heterocycles. The molecule has 4 rings (SSSR count). The molecule has 1 fully saturated rings. The number of fused-ring (bicyclic) bond motifs is 1. The summed E-state index contributed by atoms with van der Waals surface area (Å²) in [5.74, 6) is 1.43. The van der Waals surface area contributed by atoms with Crippen LogP contribution < -0.4 is 16.1 Å². The van der Waals surface area contributed by atoms with Crippen molar-refractivity contribution < 1.29 is 9.68 Å². The Kier molecular flexibility index (Phi) is 4.36. The van der Waals surface area contributed by atoms with Gasteiger partial charge in [0.25, 0.3) is 0 Å². The highest BCUT2D eigenvalue weighted by molar-refractivity contribution is 6.61. The molecule has 124 valence electrons. The van der Waals surface area contributed by atoms with Gasteiger partial charge in [0.1, 0.15) is 5.82 Å². The summed E-state index contributed by atoms with van der Waals surface area (Å²) in [7, 11) is -0.812. The first-order valence-electron chi connectivity index (χ1n) is 8.57. The van der Waals surface area contributed by atoms with Gasteiger partial charge in [-0.05, 0) is 42.1 Å². The first-order valence-corrected chi connectivity index (χ1v) is 8.57. The maximum Gasteiger partial charge on any atom is 0.491 e. The van der Waals surface area contributed by atoms with Gasteiger partial charge in [0.05, 0.1) is 6.61 Å². The summed E-state index contributed by atoms with van der Waals surface area (Å²) in [6.45, 7) is 0.427. The van der Waals surface area contributed by atoms with Gasteiger partial charge in [-0.2, -0.15) is 4.98 Å². The lowest BCUT2D eigenvalue weighted by Crippen LogP contribution is -2.27. The van der Waals surface area contributed by atoms with E-state index in [-0.39, 0.29) is 0 Å². The van der Waals surface area contributed by atoms with E-state index in [2.05, 4.69) is 20.6 Å². The molecule has 0 saturated heterocycles. The van der Waals surface area contributed by atoms with Crippen LogP contribution in [-0.2, 0) is 11.3 Å². The molecule has 24 heavy (non-hydrogen) atoms. The van der Waals surface area contributed by atoms with E-state index in [4.69, 9.17) is 4.65 Å². The number of anilines is 3. The van der Waals surface area contributed by atoms with Crippen molar-refractivity contribution in [2.45, 2.75) is 44.8 Å². The van der Waals surface area contributed by atoms with Gasteiger partial charge < -0.3 is 20.3 Å². The lowest BCUT2D eigenvalue weighted by molar-refractivity contribution is 0.275. The van der Waals surface area contributed by atoms with Crippen molar-refractivity contribution in [2.75, 3.05) is 10.6 Å². The average molecular weight is 324 g/mol. The molecule has 7 heteroatoms. The van der Waals surface area contributed by atoms with E-state index >= 15 is 0 Å². The summed E-state index contributed by atoms with van der Waals surface area (Å²) in [5.41, 5.74) is 2.71. The molecule has 1 aromatic carbocycles. The minimum Gasteiger partial charge on any atom is -0.423 e. The van der Waals surface area contributed by atoms with Crippen LogP contribution in [0.2, 0.25) is 0 Å². The van der Waals surface area contributed by atoms with E-state index in [1.807, 2.05) is 24.3 Å². The SMILES string of the molecule is OB1OCc2cc(Nc3nccc(NC4CCCCC4)n3)ccc21. The Bertz CT molecular complexity index is 721. The molecule has 0 amide bonds. The maximum absolute atomic E-state index is 9.68. The summed E-state index contributed by atoms with van der Waals surface area (Å²) >= 11 is 0. The van der Waals surface area contributed by atoms with Gasteiger partial charge in [0.2, 0.25) is 5.95 Å². The third kappa shape index (κ3) is 3.37. The molecule has 3 N–H and O–H groups in total. The second kappa shape index (κ2) is 6.79. The zero-order valence-corrected chi connectivity index (χ0v) is 13.5. The predicted octanol–water partition coefficient (Wildman–Crippen LogP) is 2.18. The zero-order valence-electron chi connectivity index (χ0n) is 13.5. The van der Waals surface area contributed by atoms with Crippen LogP contribution in [0.1, 0.15) is 37.7 Å². The normalized spacial score (nSPS) is 17.6. The molecule has 2 aliphatic rings. The molecular formula is C17H21BN4O2. The Morgan fingerprint density at radius 2 is 2.04 bits per heavy atom. The van der Waals surface area contributed by atoms with E-state index in [0.717, 1.165) is 22.5 Å². The fraction of sp³-hybridized carbons (Fsp3) is 0.412. The van der Waals surface area contributed by atoms with E-state index in [1.54, 1.807) is 6.20 Å². The fourth-order valence-corrected chi connectivity index (χ4v) is 3.39. The zero-order chi connectivity index (χ0) is 16.4. The van der Waals surface area contributed by atoms with Crippen molar-refractivity contribution in [1.82, 2.24) is 9.97 Å². The lowest BCUT2D eigenvalue weighted by atomic mass is 9.79. The molecule has 1 aliphatic heterocycles. The Morgan fingerprint density at radius 1 is 1.17 bits per heavy atom. The first-order chi connectivity index (χ1) is 11.8. The quantitative estimate of drug-likeness (QED) is 0.748. The van der Waals surface area contributed by atoms with Crippen LogP contribution in [-0.4, -0.2) is 28.2 Å². The molecule has 0 unspecified atom stereocenters. The van der Waals surface area contributed by atoms with Gasteiger partial charge in [-0.25, -0.2) is 4.98 Å². The highest BCUT2D eigenvalue weighted by Gasteiger charge is 2.27. The predicted molar refractivity (Wildman–Crippen MR) is 94.6 cm³/mol. The van der Waals surface area contributed by atoms with Gasteiger partial charge in [-0.3, -0.25) is 0 Å². The summed E-state index contributed by atoms with van der Waals surface area (Å²) in [5, 5.41) is 16.4.